The fourth-order valence-electron chi connectivity index (χ4n) is 3.11. The smallest absolute Gasteiger partial charge is 0.338 e. The van der Waals surface area contributed by atoms with Crippen LogP contribution in [0.3, 0.4) is 0 Å². The third-order valence-corrected chi connectivity index (χ3v) is 4.23. The number of hydrogen-bond acceptors (Lipinski definition) is 4. The lowest BCUT2D eigenvalue weighted by Crippen LogP contribution is -2.47. The standard InChI is InChI=1S/C16H19FN4O2/c1-10-15(11(2)19-18-10)21-8-6-20(7-9-21)13-5-3-4-12(14(13)17)16(22)23/h3-5H,6-9H2,1-2H3,(H,18,19)(H,22,23). The highest BCUT2D eigenvalue weighted by atomic mass is 19.1. The van der Waals surface area contributed by atoms with Gasteiger partial charge in [0.25, 0.3) is 0 Å². The lowest BCUT2D eigenvalue weighted by atomic mass is 10.1. The van der Waals surface area contributed by atoms with E-state index in [2.05, 4.69) is 15.1 Å². The van der Waals surface area contributed by atoms with Gasteiger partial charge in [0.1, 0.15) is 0 Å². The quantitative estimate of drug-likeness (QED) is 0.907. The molecule has 7 heteroatoms. The van der Waals surface area contributed by atoms with Crippen LogP contribution in [-0.4, -0.2) is 47.5 Å². The van der Waals surface area contributed by atoms with Crippen molar-refractivity contribution in [3.63, 3.8) is 0 Å². The molecule has 122 valence electrons. The molecule has 1 saturated heterocycles. The molecule has 0 atom stereocenters. The molecule has 1 aliphatic rings. The monoisotopic (exact) mass is 318 g/mol. The summed E-state index contributed by atoms with van der Waals surface area (Å²) in [6.45, 7) is 6.67. The number of aromatic nitrogens is 2. The van der Waals surface area contributed by atoms with Crippen molar-refractivity contribution in [1.82, 2.24) is 10.2 Å². The van der Waals surface area contributed by atoms with Crippen molar-refractivity contribution in [1.29, 1.82) is 0 Å². The van der Waals surface area contributed by atoms with Gasteiger partial charge < -0.3 is 14.9 Å². The molecule has 2 aromatic rings. The Bertz CT molecular complexity index is 716. The third-order valence-electron chi connectivity index (χ3n) is 4.23. The molecule has 6 nitrogen and oxygen atoms in total. The van der Waals surface area contributed by atoms with Crippen molar-refractivity contribution in [3.8, 4) is 0 Å². The van der Waals surface area contributed by atoms with Gasteiger partial charge in [-0.3, -0.25) is 5.10 Å². The first-order chi connectivity index (χ1) is 11.0. The van der Waals surface area contributed by atoms with E-state index in [4.69, 9.17) is 5.11 Å². The Balaban J connectivity index is 1.77. The molecule has 2 N–H and O–H groups in total. The average molecular weight is 318 g/mol. The van der Waals surface area contributed by atoms with Crippen molar-refractivity contribution < 1.29 is 14.3 Å². The summed E-state index contributed by atoms with van der Waals surface area (Å²) in [4.78, 5) is 15.2. The number of H-pyrrole nitrogens is 1. The van der Waals surface area contributed by atoms with Crippen LogP contribution in [0.1, 0.15) is 21.7 Å². The van der Waals surface area contributed by atoms with E-state index in [0.29, 0.717) is 18.8 Å². The number of piperazine rings is 1. The molecule has 0 unspecified atom stereocenters. The van der Waals surface area contributed by atoms with Crippen molar-refractivity contribution >= 4 is 17.3 Å². The maximum Gasteiger partial charge on any atom is 0.338 e. The van der Waals surface area contributed by atoms with Gasteiger partial charge >= 0.3 is 5.97 Å². The van der Waals surface area contributed by atoms with Crippen LogP contribution in [0, 0.1) is 19.7 Å². The fraction of sp³-hybridized carbons (Fsp3) is 0.375. The number of nitrogens with zero attached hydrogens (tertiary/aromatic N) is 3. The Kier molecular flexibility index (Phi) is 3.94. The Morgan fingerprint density at radius 1 is 1.22 bits per heavy atom. The largest absolute Gasteiger partial charge is 0.478 e. The van der Waals surface area contributed by atoms with E-state index in [0.717, 1.165) is 30.2 Å². The SMILES string of the molecule is Cc1n[nH]c(C)c1N1CCN(c2cccc(C(=O)O)c2F)CC1. The molecule has 0 aliphatic carbocycles. The van der Waals surface area contributed by atoms with Crippen LogP contribution >= 0.6 is 0 Å². The lowest BCUT2D eigenvalue weighted by molar-refractivity contribution is 0.0692. The molecule has 0 radical (unpaired) electrons. The minimum atomic E-state index is -1.24. The highest BCUT2D eigenvalue weighted by Gasteiger charge is 2.24. The first kappa shape index (κ1) is 15.3. The normalized spacial score (nSPS) is 15.1. The summed E-state index contributed by atoms with van der Waals surface area (Å²) in [7, 11) is 0. The van der Waals surface area contributed by atoms with Gasteiger partial charge in [-0.05, 0) is 26.0 Å². The van der Waals surface area contributed by atoms with Crippen molar-refractivity contribution in [2.24, 2.45) is 0 Å². The zero-order valence-corrected chi connectivity index (χ0v) is 13.1. The zero-order valence-electron chi connectivity index (χ0n) is 13.1. The predicted octanol–water partition coefficient (Wildman–Crippen LogP) is 2.19. The van der Waals surface area contributed by atoms with Crippen molar-refractivity contribution in [3.05, 3.63) is 41.0 Å². The molecule has 0 spiro atoms. The number of aromatic carboxylic acids is 1. The van der Waals surface area contributed by atoms with Gasteiger partial charge in [-0.1, -0.05) is 6.07 Å². The highest BCUT2D eigenvalue weighted by Crippen LogP contribution is 2.27. The molecule has 1 aliphatic heterocycles. The van der Waals surface area contributed by atoms with Crippen LogP contribution in [0.2, 0.25) is 0 Å². The van der Waals surface area contributed by atoms with Crippen LogP contribution in [0.25, 0.3) is 0 Å². The summed E-state index contributed by atoms with van der Waals surface area (Å²) in [6, 6.07) is 4.50. The number of aryl methyl sites for hydroxylation is 2. The van der Waals surface area contributed by atoms with Gasteiger partial charge in [-0.2, -0.15) is 5.10 Å². The minimum absolute atomic E-state index is 0.286. The van der Waals surface area contributed by atoms with Gasteiger partial charge in [0.05, 0.1) is 28.3 Å². The van der Waals surface area contributed by atoms with E-state index >= 15 is 0 Å². The first-order valence-corrected chi connectivity index (χ1v) is 7.52. The number of halogens is 1. The van der Waals surface area contributed by atoms with Gasteiger partial charge in [-0.25, -0.2) is 9.18 Å². The van der Waals surface area contributed by atoms with E-state index in [1.165, 1.54) is 6.07 Å². The van der Waals surface area contributed by atoms with Crippen LogP contribution in [0.4, 0.5) is 15.8 Å². The van der Waals surface area contributed by atoms with Crippen LogP contribution in [0.5, 0.6) is 0 Å². The summed E-state index contributed by atoms with van der Waals surface area (Å²) >= 11 is 0. The summed E-state index contributed by atoms with van der Waals surface area (Å²) in [5.74, 6) is -1.91. The number of nitrogens with one attached hydrogen (secondary N) is 1. The Hall–Kier alpha value is -2.57. The first-order valence-electron chi connectivity index (χ1n) is 7.52. The molecule has 23 heavy (non-hydrogen) atoms. The molecule has 0 amide bonds. The van der Waals surface area contributed by atoms with Crippen LogP contribution in [0.15, 0.2) is 18.2 Å². The number of carboxylic acid groups (broad SMARTS) is 1. The molecule has 0 bridgehead atoms. The Morgan fingerprint density at radius 2 is 1.87 bits per heavy atom. The third kappa shape index (κ3) is 2.74. The van der Waals surface area contributed by atoms with E-state index < -0.39 is 11.8 Å². The number of anilines is 2. The number of rotatable bonds is 3. The van der Waals surface area contributed by atoms with E-state index in [1.54, 1.807) is 12.1 Å². The Morgan fingerprint density at radius 3 is 2.43 bits per heavy atom. The molecule has 1 aromatic heterocycles. The molecule has 2 heterocycles. The van der Waals surface area contributed by atoms with Gasteiger partial charge in [0.15, 0.2) is 5.82 Å². The van der Waals surface area contributed by atoms with Crippen LogP contribution < -0.4 is 9.80 Å². The van der Waals surface area contributed by atoms with E-state index in [1.807, 2.05) is 18.7 Å². The van der Waals surface area contributed by atoms with E-state index in [9.17, 15) is 9.18 Å². The van der Waals surface area contributed by atoms with Crippen molar-refractivity contribution in [2.45, 2.75) is 13.8 Å². The van der Waals surface area contributed by atoms with Gasteiger partial charge in [0, 0.05) is 26.2 Å². The Labute approximate surface area is 133 Å². The van der Waals surface area contributed by atoms with Crippen molar-refractivity contribution in [2.75, 3.05) is 36.0 Å². The molecule has 0 saturated carbocycles. The number of hydrogen-bond donors (Lipinski definition) is 2. The second-order valence-electron chi connectivity index (χ2n) is 5.70. The average Bonchev–Trinajstić information content (AvgIpc) is 2.86. The molecular weight excluding hydrogens is 299 g/mol. The van der Waals surface area contributed by atoms with Gasteiger partial charge in [-0.15, -0.1) is 0 Å². The number of carboxylic acids is 1. The van der Waals surface area contributed by atoms with E-state index in [-0.39, 0.29) is 5.56 Å². The summed E-state index contributed by atoms with van der Waals surface area (Å²) in [5.41, 5.74) is 3.14. The molecule has 1 aromatic carbocycles. The zero-order chi connectivity index (χ0) is 16.6. The molecule has 1 fully saturated rings. The highest BCUT2D eigenvalue weighted by molar-refractivity contribution is 5.89. The predicted molar refractivity (Wildman–Crippen MR) is 85.8 cm³/mol. The molecule has 3 rings (SSSR count). The minimum Gasteiger partial charge on any atom is -0.478 e. The summed E-state index contributed by atoms with van der Waals surface area (Å²) in [5, 5.41) is 16.2. The molecular formula is C16H19FN4O2. The summed E-state index contributed by atoms with van der Waals surface area (Å²) in [6.07, 6.45) is 0. The maximum atomic E-state index is 14.4. The van der Waals surface area contributed by atoms with Crippen LogP contribution in [-0.2, 0) is 0 Å². The number of benzene rings is 1. The second-order valence-corrected chi connectivity index (χ2v) is 5.70. The number of aromatic amines is 1. The second kappa shape index (κ2) is 5.91. The summed E-state index contributed by atoms with van der Waals surface area (Å²) < 4.78 is 14.4. The topological polar surface area (TPSA) is 72.5 Å². The lowest BCUT2D eigenvalue weighted by Gasteiger charge is -2.37. The fourth-order valence-corrected chi connectivity index (χ4v) is 3.11. The van der Waals surface area contributed by atoms with Gasteiger partial charge in [0.2, 0.25) is 0 Å². The number of carbonyl (C=O) groups is 1. The maximum absolute atomic E-state index is 14.4.